The van der Waals surface area contributed by atoms with Gasteiger partial charge in [-0.1, -0.05) is 19.9 Å². The second kappa shape index (κ2) is 7.97. The number of carbonyl (C=O) groups is 2. The van der Waals surface area contributed by atoms with Gasteiger partial charge in [-0.05, 0) is 48.6 Å². The molecule has 2 aliphatic heterocycles. The van der Waals surface area contributed by atoms with Crippen LogP contribution in [0.2, 0.25) is 0 Å². The first kappa shape index (κ1) is 22.1. The van der Waals surface area contributed by atoms with Gasteiger partial charge in [0.2, 0.25) is 6.79 Å². The molecular formula is C26H24F2N2O4. The van der Waals surface area contributed by atoms with Crippen molar-refractivity contribution < 1.29 is 27.8 Å². The highest BCUT2D eigenvalue weighted by Crippen LogP contribution is 2.48. The maximum atomic E-state index is 14.3. The fourth-order valence-electron chi connectivity index (χ4n) is 4.94. The van der Waals surface area contributed by atoms with Crippen LogP contribution in [-0.2, 0) is 9.59 Å². The predicted molar refractivity (Wildman–Crippen MR) is 121 cm³/mol. The Balaban J connectivity index is 1.61. The summed E-state index contributed by atoms with van der Waals surface area (Å²) in [4.78, 5) is 26.9. The van der Waals surface area contributed by atoms with Gasteiger partial charge in [0.25, 0.3) is 5.91 Å². The van der Waals surface area contributed by atoms with Crippen LogP contribution in [0.25, 0.3) is 0 Å². The van der Waals surface area contributed by atoms with E-state index in [1.165, 1.54) is 6.07 Å². The highest BCUT2D eigenvalue weighted by molar-refractivity contribution is 6.10. The first-order valence-electron chi connectivity index (χ1n) is 11.0. The Kier molecular flexibility index (Phi) is 5.19. The number of carbonyl (C=O) groups excluding carboxylic acids is 2. The molecule has 1 amide bonds. The van der Waals surface area contributed by atoms with Crippen LogP contribution in [0.3, 0.4) is 0 Å². The predicted octanol–water partition coefficient (Wildman–Crippen LogP) is 4.94. The summed E-state index contributed by atoms with van der Waals surface area (Å²) in [6.45, 7) is 5.92. The van der Waals surface area contributed by atoms with Gasteiger partial charge in [0.05, 0.1) is 5.69 Å². The highest BCUT2D eigenvalue weighted by Gasteiger charge is 2.43. The van der Waals surface area contributed by atoms with Crippen molar-refractivity contribution in [1.29, 1.82) is 0 Å². The fourth-order valence-corrected chi connectivity index (χ4v) is 4.94. The standard InChI is InChI=1S/C26H24F2N2O4/c1-13-22(25(32)30-17-6-5-15(27)9-16(17)28)23(14-4-7-20-21(8-14)34-12-33-20)24-18(29-13)10-26(2,3)11-19(24)31/h4-9,23,29H,10-12H2,1-3H3,(H,30,32)/t23-/m1/s1. The third kappa shape index (κ3) is 3.83. The number of Topliss-reactive ketones (excluding diaryl/α,β-unsaturated/α-hetero) is 1. The molecule has 2 aromatic rings. The molecule has 176 valence electrons. The number of anilines is 1. The fraction of sp³-hybridized carbons (Fsp3) is 0.308. The van der Waals surface area contributed by atoms with Crippen LogP contribution in [0, 0.1) is 17.0 Å². The second-order valence-electron chi connectivity index (χ2n) is 9.62. The van der Waals surface area contributed by atoms with Crippen molar-refractivity contribution in [3.8, 4) is 11.5 Å². The summed E-state index contributed by atoms with van der Waals surface area (Å²) < 4.78 is 38.6. The van der Waals surface area contributed by atoms with Crippen molar-refractivity contribution in [3.05, 3.63) is 76.1 Å². The second-order valence-corrected chi connectivity index (χ2v) is 9.62. The molecule has 0 saturated carbocycles. The van der Waals surface area contributed by atoms with Crippen LogP contribution >= 0.6 is 0 Å². The summed E-state index contributed by atoms with van der Waals surface area (Å²) in [5.41, 5.74) is 2.47. The minimum atomic E-state index is -0.884. The zero-order chi connectivity index (χ0) is 24.2. The highest BCUT2D eigenvalue weighted by atomic mass is 19.1. The molecule has 8 heteroatoms. The number of amides is 1. The van der Waals surface area contributed by atoms with Crippen molar-refractivity contribution in [2.24, 2.45) is 5.41 Å². The lowest BCUT2D eigenvalue weighted by atomic mass is 9.68. The van der Waals surface area contributed by atoms with Crippen LogP contribution in [0.15, 0.2) is 58.9 Å². The maximum absolute atomic E-state index is 14.3. The SMILES string of the molecule is CC1=C(C(=O)Nc2ccc(F)cc2F)[C@@H](c2ccc3c(c2)OCO3)C2=C(CC(C)(C)CC2=O)N1. The average molecular weight is 466 g/mol. The molecule has 2 N–H and O–H groups in total. The zero-order valence-electron chi connectivity index (χ0n) is 19.1. The van der Waals surface area contributed by atoms with E-state index in [-0.39, 0.29) is 29.3 Å². The number of rotatable bonds is 3. The summed E-state index contributed by atoms with van der Waals surface area (Å²) in [7, 11) is 0. The molecule has 0 radical (unpaired) electrons. The number of benzene rings is 2. The quantitative estimate of drug-likeness (QED) is 0.671. The van der Waals surface area contributed by atoms with Gasteiger partial charge in [-0.15, -0.1) is 0 Å². The number of allylic oxidation sites excluding steroid dienone is 3. The topological polar surface area (TPSA) is 76.7 Å². The Morgan fingerprint density at radius 2 is 1.85 bits per heavy atom. The molecule has 0 aromatic heterocycles. The van der Waals surface area contributed by atoms with E-state index in [1.807, 2.05) is 13.8 Å². The number of ketones is 1. The minimum absolute atomic E-state index is 0.0489. The van der Waals surface area contributed by atoms with Gasteiger partial charge in [0.15, 0.2) is 17.3 Å². The minimum Gasteiger partial charge on any atom is -0.454 e. The number of nitrogens with one attached hydrogen (secondary N) is 2. The van der Waals surface area contributed by atoms with Crippen LogP contribution in [0.5, 0.6) is 11.5 Å². The van der Waals surface area contributed by atoms with E-state index in [4.69, 9.17) is 9.47 Å². The Hall–Kier alpha value is -3.68. The first-order valence-corrected chi connectivity index (χ1v) is 11.0. The number of hydrogen-bond acceptors (Lipinski definition) is 5. The summed E-state index contributed by atoms with van der Waals surface area (Å²) in [5.74, 6) is -1.82. The van der Waals surface area contributed by atoms with E-state index < -0.39 is 23.5 Å². The number of ether oxygens (including phenoxy) is 2. The molecule has 34 heavy (non-hydrogen) atoms. The van der Waals surface area contributed by atoms with Crippen molar-refractivity contribution in [2.45, 2.75) is 39.5 Å². The summed E-state index contributed by atoms with van der Waals surface area (Å²) in [5, 5.41) is 5.81. The van der Waals surface area contributed by atoms with Gasteiger partial charge in [-0.3, -0.25) is 9.59 Å². The summed E-state index contributed by atoms with van der Waals surface area (Å²) >= 11 is 0. The molecule has 2 aromatic carbocycles. The molecule has 1 aliphatic carbocycles. The lowest BCUT2D eigenvalue weighted by Gasteiger charge is -2.39. The van der Waals surface area contributed by atoms with Crippen molar-refractivity contribution in [1.82, 2.24) is 5.32 Å². The van der Waals surface area contributed by atoms with Crippen LogP contribution in [0.1, 0.15) is 45.1 Å². The molecule has 2 heterocycles. The lowest BCUT2D eigenvalue weighted by molar-refractivity contribution is -0.118. The van der Waals surface area contributed by atoms with E-state index >= 15 is 0 Å². The molecule has 0 bridgehead atoms. The van der Waals surface area contributed by atoms with Crippen molar-refractivity contribution in [2.75, 3.05) is 12.1 Å². The van der Waals surface area contributed by atoms with Gasteiger partial charge in [-0.25, -0.2) is 8.78 Å². The van der Waals surface area contributed by atoms with Gasteiger partial charge in [0, 0.05) is 40.9 Å². The number of hydrogen-bond donors (Lipinski definition) is 2. The number of dihydropyridines is 1. The normalized spacial score (nSPS) is 20.7. The molecule has 6 nitrogen and oxygen atoms in total. The Morgan fingerprint density at radius 3 is 2.62 bits per heavy atom. The van der Waals surface area contributed by atoms with Crippen LogP contribution in [-0.4, -0.2) is 18.5 Å². The first-order chi connectivity index (χ1) is 16.1. The average Bonchev–Trinajstić information content (AvgIpc) is 3.21. The van der Waals surface area contributed by atoms with E-state index in [9.17, 15) is 18.4 Å². The monoisotopic (exact) mass is 466 g/mol. The number of halogens is 2. The lowest BCUT2D eigenvalue weighted by Crippen LogP contribution is -2.39. The molecule has 0 spiro atoms. The molecule has 5 rings (SSSR count). The molecule has 0 fully saturated rings. The Labute approximate surface area is 195 Å². The molecular weight excluding hydrogens is 442 g/mol. The largest absolute Gasteiger partial charge is 0.454 e. The van der Waals surface area contributed by atoms with E-state index in [0.29, 0.717) is 47.2 Å². The molecule has 0 saturated heterocycles. The summed E-state index contributed by atoms with van der Waals surface area (Å²) in [6.07, 6.45) is 0.989. The van der Waals surface area contributed by atoms with Gasteiger partial charge in [0.1, 0.15) is 11.6 Å². The van der Waals surface area contributed by atoms with Gasteiger partial charge >= 0.3 is 0 Å². The maximum Gasteiger partial charge on any atom is 0.254 e. The Bertz CT molecular complexity index is 1300. The number of fused-ring (bicyclic) bond motifs is 1. The molecule has 0 unspecified atom stereocenters. The summed E-state index contributed by atoms with van der Waals surface area (Å²) in [6, 6.07) is 8.28. The molecule has 3 aliphatic rings. The van der Waals surface area contributed by atoms with Gasteiger partial charge in [-0.2, -0.15) is 0 Å². The smallest absolute Gasteiger partial charge is 0.254 e. The van der Waals surface area contributed by atoms with E-state index in [1.54, 1.807) is 25.1 Å². The third-order valence-electron chi connectivity index (χ3n) is 6.39. The van der Waals surface area contributed by atoms with Crippen LogP contribution < -0.4 is 20.1 Å². The Morgan fingerprint density at radius 1 is 1.09 bits per heavy atom. The van der Waals surface area contributed by atoms with E-state index in [2.05, 4.69) is 10.6 Å². The zero-order valence-corrected chi connectivity index (χ0v) is 19.1. The van der Waals surface area contributed by atoms with E-state index in [0.717, 1.165) is 11.8 Å². The molecule has 1 atom stereocenters. The van der Waals surface area contributed by atoms with Crippen LogP contribution in [0.4, 0.5) is 14.5 Å². The van der Waals surface area contributed by atoms with Crippen molar-refractivity contribution >= 4 is 17.4 Å². The van der Waals surface area contributed by atoms with Crippen molar-refractivity contribution in [3.63, 3.8) is 0 Å². The van der Waals surface area contributed by atoms with Gasteiger partial charge < -0.3 is 20.1 Å². The third-order valence-corrected chi connectivity index (χ3v) is 6.39.